The van der Waals surface area contributed by atoms with Crippen LogP contribution in [0.5, 0.6) is 5.75 Å². The first-order valence-electron chi connectivity index (χ1n) is 9.42. The van der Waals surface area contributed by atoms with Crippen molar-refractivity contribution in [3.05, 3.63) is 54.9 Å². The van der Waals surface area contributed by atoms with Crippen molar-refractivity contribution >= 4 is 66.5 Å². The van der Waals surface area contributed by atoms with Gasteiger partial charge in [-0.15, -0.1) is 0 Å². The second-order valence-corrected chi connectivity index (χ2v) is 9.35. The molecule has 0 radical (unpaired) electrons. The largest absolute Gasteiger partial charge is 0.505 e. The average molecular weight is 566 g/mol. The van der Waals surface area contributed by atoms with Gasteiger partial charge in [0.05, 0.1) is 9.99 Å². The molecule has 1 fully saturated rings. The number of hydrogen-bond acceptors (Lipinski definition) is 6. The predicted molar refractivity (Wildman–Crippen MR) is 119 cm³/mol. The number of benzene rings is 2. The molecule has 1 atom stereocenters. The fourth-order valence-corrected chi connectivity index (χ4v) is 5.32. The summed E-state index contributed by atoms with van der Waals surface area (Å²) in [4.78, 5) is 48.7. The number of carbonyl (C=O) groups is 3. The van der Waals surface area contributed by atoms with Crippen molar-refractivity contribution in [3.63, 3.8) is 0 Å². The van der Waals surface area contributed by atoms with E-state index in [1.54, 1.807) is 18.2 Å². The first-order chi connectivity index (χ1) is 15.2. The highest BCUT2D eigenvalue weighted by atomic mass is 79.9. The Bertz CT molecular complexity index is 1410. The van der Waals surface area contributed by atoms with E-state index in [1.807, 2.05) is 0 Å². The van der Waals surface area contributed by atoms with E-state index >= 15 is 0 Å². The molecule has 1 aliphatic heterocycles. The molecule has 1 saturated heterocycles. The molecule has 1 unspecified atom stereocenters. The van der Waals surface area contributed by atoms with Gasteiger partial charge in [0, 0.05) is 18.5 Å². The third kappa shape index (κ3) is 3.21. The molecule has 1 aromatic heterocycles. The van der Waals surface area contributed by atoms with Gasteiger partial charge in [-0.1, -0.05) is 6.07 Å². The van der Waals surface area contributed by atoms with Crippen LogP contribution >= 0.6 is 31.9 Å². The molecule has 32 heavy (non-hydrogen) atoms. The number of halogens is 2. The van der Waals surface area contributed by atoms with Gasteiger partial charge in [0.1, 0.15) is 22.3 Å². The van der Waals surface area contributed by atoms with E-state index in [9.17, 15) is 24.3 Å². The fraction of sp³-hybridized carbons (Fsp3) is 0.200. The summed E-state index contributed by atoms with van der Waals surface area (Å²) < 4.78 is 6.87. The standard InChI is InChI=1S/C20H14Br2N4O6/c21-11-4-12-16(14(22)15(11)28)32-19(31)26(12)7-13(27)23-10-2-1-8-5-20(6-9(8)3-10)17(29)24-18(30)25-20/h1-4,28H,5-7H2,(H,23,27)(H2,24,25,29,30). The summed E-state index contributed by atoms with van der Waals surface area (Å²) >= 11 is 6.38. The number of nitrogens with zero attached hydrogens (tertiary/aromatic N) is 1. The van der Waals surface area contributed by atoms with Crippen LogP contribution in [-0.4, -0.2) is 33.1 Å². The summed E-state index contributed by atoms with van der Waals surface area (Å²) in [5.41, 5.74) is 1.72. The number of aromatic hydroxyl groups is 1. The Morgan fingerprint density at radius 1 is 1.19 bits per heavy atom. The number of phenolic OH excluding ortho intramolecular Hbond substituents is 1. The van der Waals surface area contributed by atoms with E-state index in [0.29, 0.717) is 28.5 Å². The van der Waals surface area contributed by atoms with Crippen molar-refractivity contribution in [1.29, 1.82) is 0 Å². The first kappa shape index (κ1) is 20.8. The van der Waals surface area contributed by atoms with Gasteiger partial charge in [-0.25, -0.2) is 9.59 Å². The summed E-state index contributed by atoms with van der Waals surface area (Å²) in [6, 6.07) is 6.23. The molecule has 1 spiro atoms. The van der Waals surface area contributed by atoms with E-state index in [-0.39, 0.29) is 28.3 Å². The van der Waals surface area contributed by atoms with E-state index in [1.165, 1.54) is 6.07 Å². The number of rotatable bonds is 3. The molecule has 2 aliphatic rings. The van der Waals surface area contributed by atoms with Crippen LogP contribution in [0.15, 0.2) is 42.4 Å². The van der Waals surface area contributed by atoms with Gasteiger partial charge in [-0.3, -0.25) is 19.5 Å². The maximum atomic E-state index is 12.7. The minimum Gasteiger partial charge on any atom is -0.505 e. The summed E-state index contributed by atoms with van der Waals surface area (Å²) in [5, 5.41) is 17.7. The highest BCUT2D eigenvalue weighted by molar-refractivity contribution is 9.11. The van der Waals surface area contributed by atoms with E-state index in [0.717, 1.165) is 15.7 Å². The Morgan fingerprint density at radius 2 is 1.94 bits per heavy atom. The van der Waals surface area contributed by atoms with Crippen molar-refractivity contribution in [2.75, 3.05) is 5.32 Å². The highest BCUT2D eigenvalue weighted by Gasteiger charge is 2.49. The molecule has 164 valence electrons. The zero-order valence-electron chi connectivity index (χ0n) is 16.1. The van der Waals surface area contributed by atoms with Crippen molar-refractivity contribution in [2.24, 2.45) is 0 Å². The van der Waals surface area contributed by atoms with Crippen molar-refractivity contribution < 1.29 is 23.9 Å². The number of aromatic nitrogens is 1. The Morgan fingerprint density at radius 3 is 2.66 bits per heavy atom. The molecule has 5 rings (SSSR count). The SMILES string of the molecule is O=C(Cn1c(=O)oc2c(Br)c(O)c(Br)cc21)Nc1ccc2c(c1)CC1(C2)NC(=O)NC1=O. The minimum atomic E-state index is -0.989. The Labute approximate surface area is 196 Å². The van der Waals surface area contributed by atoms with Crippen molar-refractivity contribution in [1.82, 2.24) is 15.2 Å². The Kier molecular flexibility index (Phi) is 4.67. The number of hydrogen-bond donors (Lipinski definition) is 4. The monoisotopic (exact) mass is 564 g/mol. The molecule has 10 nitrogen and oxygen atoms in total. The minimum absolute atomic E-state index is 0.120. The molecule has 4 amide bonds. The van der Waals surface area contributed by atoms with Gasteiger partial charge in [0.2, 0.25) is 5.91 Å². The molecule has 2 heterocycles. The van der Waals surface area contributed by atoms with Crippen LogP contribution in [0, 0.1) is 0 Å². The van der Waals surface area contributed by atoms with Gasteiger partial charge in [0.15, 0.2) is 5.58 Å². The number of carbonyl (C=O) groups excluding carboxylic acids is 3. The molecule has 12 heteroatoms. The van der Waals surface area contributed by atoms with E-state index in [4.69, 9.17) is 4.42 Å². The van der Waals surface area contributed by atoms with E-state index in [2.05, 4.69) is 47.8 Å². The third-order valence-electron chi connectivity index (χ3n) is 5.62. The number of urea groups is 1. The summed E-state index contributed by atoms with van der Waals surface area (Å²) in [6.45, 7) is -0.311. The van der Waals surface area contributed by atoms with Gasteiger partial charge in [-0.05, 0) is 61.2 Å². The van der Waals surface area contributed by atoms with Gasteiger partial charge < -0.3 is 20.2 Å². The van der Waals surface area contributed by atoms with Crippen LogP contribution < -0.4 is 21.7 Å². The maximum Gasteiger partial charge on any atom is 0.420 e. The van der Waals surface area contributed by atoms with Crippen molar-refractivity contribution in [3.8, 4) is 5.75 Å². The molecule has 0 saturated carbocycles. The van der Waals surface area contributed by atoms with Crippen LogP contribution in [-0.2, 0) is 29.0 Å². The molecular weight excluding hydrogens is 552 g/mol. The lowest BCUT2D eigenvalue weighted by atomic mass is 9.96. The fourth-order valence-electron chi connectivity index (χ4n) is 4.14. The number of anilines is 1. The number of amides is 4. The topological polar surface area (TPSA) is 143 Å². The number of oxazole rings is 1. The molecule has 2 aromatic carbocycles. The zero-order chi connectivity index (χ0) is 22.8. The lowest BCUT2D eigenvalue weighted by Crippen LogP contribution is -2.47. The summed E-state index contributed by atoms with van der Waals surface area (Å²) in [5.74, 6) is -1.69. The van der Waals surface area contributed by atoms with Gasteiger partial charge >= 0.3 is 11.8 Å². The second kappa shape index (κ2) is 7.20. The number of nitrogens with one attached hydrogen (secondary N) is 3. The molecular formula is C20H14Br2N4O6. The molecule has 0 bridgehead atoms. The van der Waals surface area contributed by atoms with Crippen LogP contribution in [0.4, 0.5) is 10.5 Å². The molecule has 4 N–H and O–H groups in total. The van der Waals surface area contributed by atoms with Crippen LogP contribution in [0.1, 0.15) is 11.1 Å². The van der Waals surface area contributed by atoms with E-state index < -0.39 is 23.2 Å². The van der Waals surface area contributed by atoms with Gasteiger partial charge in [0.25, 0.3) is 5.91 Å². The number of imide groups is 1. The number of fused-ring (bicyclic) bond motifs is 2. The second-order valence-electron chi connectivity index (χ2n) is 7.70. The molecule has 1 aliphatic carbocycles. The quantitative estimate of drug-likeness (QED) is 0.358. The lowest BCUT2D eigenvalue weighted by Gasteiger charge is -2.18. The predicted octanol–water partition coefficient (Wildman–Crippen LogP) is 2.14. The lowest BCUT2D eigenvalue weighted by molar-refractivity contribution is -0.123. The maximum absolute atomic E-state index is 12.7. The Hall–Kier alpha value is -3.12. The average Bonchev–Trinajstić information content (AvgIpc) is 3.33. The van der Waals surface area contributed by atoms with Gasteiger partial charge in [-0.2, -0.15) is 0 Å². The van der Waals surface area contributed by atoms with Crippen LogP contribution in [0.3, 0.4) is 0 Å². The van der Waals surface area contributed by atoms with Crippen molar-refractivity contribution in [2.45, 2.75) is 24.9 Å². The van der Waals surface area contributed by atoms with Crippen LogP contribution in [0.25, 0.3) is 11.1 Å². The smallest absolute Gasteiger partial charge is 0.420 e. The molecule has 3 aromatic rings. The highest BCUT2D eigenvalue weighted by Crippen LogP contribution is 2.38. The zero-order valence-corrected chi connectivity index (χ0v) is 19.3. The summed E-state index contributed by atoms with van der Waals surface area (Å²) in [7, 11) is 0. The first-order valence-corrected chi connectivity index (χ1v) is 11.0. The van der Waals surface area contributed by atoms with Crippen LogP contribution in [0.2, 0.25) is 0 Å². The number of phenols is 1. The normalized spacial score (nSPS) is 19.3. The third-order valence-corrected chi connectivity index (χ3v) is 6.96. The summed E-state index contributed by atoms with van der Waals surface area (Å²) in [6.07, 6.45) is 0.697. The Balaban J connectivity index is 1.37.